The van der Waals surface area contributed by atoms with Crippen LogP contribution in [0.25, 0.3) is 17.4 Å². The van der Waals surface area contributed by atoms with E-state index in [-0.39, 0.29) is 22.7 Å². The van der Waals surface area contributed by atoms with E-state index in [0.717, 1.165) is 16.7 Å². The molecule has 4 rings (SSSR count). The molecule has 0 aliphatic carbocycles. The average molecular weight is 438 g/mol. The third-order valence-electron chi connectivity index (χ3n) is 4.75. The van der Waals surface area contributed by atoms with Gasteiger partial charge in [-0.3, -0.25) is 24.6 Å². The summed E-state index contributed by atoms with van der Waals surface area (Å²) in [6, 6.07) is 13.7. The van der Waals surface area contributed by atoms with Crippen molar-refractivity contribution in [1.29, 1.82) is 0 Å². The van der Waals surface area contributed by atoms with Crippen LogP contribution in [0.1, 0.15) is 16.9 Å². The Kier molecular flexibility index (Phi) is 5.43. The van der Waals surface area contributed by atoms with Gasteiger partial charge in [-0.05, 0) is 48.5 Å². The molecule has 1 saturated heterocycles. The second-order valence-electron chi connectivity index (χ2n) is 6.82. The van der Waals surface area contributed by atoms with Gasteiger partial charge in [0.1, 0.15) is 17.3 Å². The Bertz CT molecular complexity index is 1250. The van der Waals surface area contributed by atoms with Gasteiger partial charge in [-0.1, -0.05) is 18.2 Å². The zero-order valence-electron chi connectivity index (χ0n) is 16.2. The minimum absolute atomic E-state index is 0.0171. The highest BCUT2D eigenvalue weighted by Crippen LogP contribution is 2.35. The summed E-state index contributed by atoms with van der Waals surface area (Å²) in [4.78, 5) is 36.5. The fourth-order valence-corrected chi connectivity index (χ4v) is 3.99. The van der Waals surface area contributed by atoms with Gasteiger partial charge in [-0.25, -0.2) is 4.39 Å². The number of hydrogen-bond acceptors (Lipinski definition) is 6. The molecule has 0 atom stereocenters. The van der Waals surface area contributed by atoms with Crippen molar-refractivity contribution in [2.45, 2.75) is 13.5 Å². The highest BCUT2D eigenvalue weighted by Gasteiger charge is 2.35. The lowest BCUT2D eigenvalue weighted by molar-refractivity contribution is -0.384. The molecule has 0 unspecified atom stereocenters. The first kappa shape index (κ1) is 20.5. The van der Waals surface area contributed by atoms with Crippen LogP contribution in [0.3, 0.4) is 0 Å². The Morgan fingerprint density at radius 1 is 1.16 bits per heavy atom. The number of nitro groups is 1. The summed E-state index contributed by atoms with van der Waals surface area (Å²) < 4.78 is 19.7. The molecule has 0 saturated carbocycles. The highest BCUT2D eigenvalue weighted by atomic mass is 32.2. The van der Waals surface area contributed by atoms with Crippen molar-refractivity contribution in [3.8, 4) is 11.3 Å². The fraction of sp³-hybridized carbons (Fsp3) is 0.0909. The molecule has 3 aromatic rings. The van der Waals surface area contributed by atoms with Crippen LogP contribution < -0.4 is 0 Å². The van der Waals surface area contributed by atoms with Gasteiger partial charge in [-0.15, -0.1) is 0 Å². The molecule has 1 fully saturated rings. The molecule has 9 heteroatoms. The maximum atomic E-state index is 13.9. The molecular weight excluding hydrogens is 423 g/mol. The molecule has 31 heavy (non-hydrogen) atoms. The molecule has 0 radical (unpaired) electrons. The zero-order chi connectivity index (χ0) is 22.1. The van der Waals surface area contributed by atoms with Crippen molar-refractivity contribution in [1.82, 2.24) is 4.90 Å². The molecule has 2 aromatic carbocycles. The predicted molar refractivity (Wildman–Crippen MR) is 113 cm³/mol. The maximum Gasteiger partial charge on any atom is 0.293 e. The van der Waals surface area contributed by atoms with Gasteiger partial charge in [0.25, 0.3) is 16.8 Å². The number of hydrogen-bond donors (Lipinski definition) is 0. The van der Waals surface area contributed by atoms with Gasteiger partial charge in [0, 0.05) is 29.3 Å². The SMILES string of the molecule is Cc1cc([N+](=O)[O-])ccc1-c1ccc(/C=C2\SC(=O)N(Cc3ccccc3F)C2=O)o1. The lowest BCUT2D eigenvalue weighted by Gasteiger charge is -2.12. The van der Waals surface area contributed by atoms with Crippen LogP contribution >= 0.6 is 11.8 Å². The third kappa shape index (κ3) is 4.13. The first-order chi connectivity index (χ1) is 14.8. The second kappa shape index (κ2) is 8.19. The van der Waals surface area contributed by atoms with E-state index in [1.807, 2.05) is 0 Å². The van der Waals surface area contributed by atoms with E-state index >= 15 is 0 Å². The quantitative estimate of drug-likeness (QED) is 0.295. The summed E-state index contributed by atoms with van der Waals surface area (Å²) in [5, 5.41) is 10.4. The number of carbonyl (C=O) groups excluding carboxylic acids is 2. The molecular formula is C22H15FN2O5S. The molecule has 156 valence electrons. The van der Waals surface area contributed by atoms with Gasteiger partial charge in [0.2, 0.25) is 0 Å². The number of nitro benzene ring substituents is 1. The number of thioether (sulfide) groups is 1. The van der Waals surface area contributed by atoms with Gasteiger partial charge in [-0.2, -0.15) is 0 Å². The Balaban J connectivity index is 1.56. The zero-order valence-corrected chi connectivity index (χ0v) is 17.0. The number of non-ortho nitro benzene ring substituents is 1. The summed E-state index contributed by atoms with van der Waals surface area (Å²) in [5.41, 5.74) is 1.58. The van der Waals surface area contributed by atoms with E-state index in [9.17, 15) is 24.1 Å². The Hall–Kier alpha value is -3.72. The first-order valence-corrected chi connectivity index (χ1v) is 9.99. The molecule has 2 amide bonds. The van der Waals surface area contributed by atoms with Crippen LogP contribution in [0.15, 0.2) is 63.9 Å². The number of halogens is 1. The van der Waals surface area contributed by atoms with E-state index in [1.165, 1.54) is 36.4 Å². The first-order valence-electron chi connectivity index (χ1n) is 9.17. The highest BCUT2D eigenvalue weighted by molar-refractivity contribution is 8.18. The maximum absolute atomic E-state index is 13.9. The molecule has 1 aromatic heterocycles. The lowest BCUT2D eigenvalue weighted by Crippen LogP contribution is -2.27. The van der Waals surface area contributed by atoms with Crippen molar-refractivity contribution in [2.75, 3.05) is 0 Å². The van der Waals surface area contributed by atoms with Crippen molar-refractivity contribution in [2.24, 2.45) is 0 Å². The minimum Gasteiger partial charge on any atom is -0.457 e. The normalized spacial score (nSPS) is 15.2. The minimum atomic E-state index is -0.525. The van der Waals surface area contributed by atoms with Crippen LogP contribution in [-0.4, -0.2) is 21.0 Å². The van der Waals surface area contributed by atoms with Crippen molar-refractivity contribution < 1.29 is 23.3 Å². The van der Waals surface area contributed by atoms with E-state index in [1.54, 1.807) is 31.2 Å². The molecule has 0 N–H and O–H groups in total. The summed E-state index contributed by atoms with van der Waals surface area (Å²) in [6.45, 7) is 1.58. The topological polar surface area (TPSA) is 93.7 Å². The number of aryl methyl sites for hydroxylation is 1. The Morgan fingerprint density at radius 2 is 1.94 bits per heavy atom. The number of benzene rings is 2. The van der Waals surface area contributed by atoms with Crippen LogP contribution in [-0.2, 0) is 11.3 Å². The summed E-state index contributed by atoms with van der Waals surface area (Å²) in [6.07, 6.45) is 1.45. The van der Waals surface area contributed by atoms with E-state index in [2.05, 4.69) is 0 Å². The molecule has 1 aliphatic rings. The molecule has 0 bridgehead atoms. The van der Waals surface area contributed by atoms with Crippen LogP contribution in [0.2, 0.25) is 0 Å². The molecule has 1 aliphatic heterocycles. The number of carbonyl (C=O) groups is 2. The number of rotatable bonds is 5. The standard InChI is InChI=1S/C22H15FN2O5S/c1-13-10-15(25(28)29)6-8-17(13)19-9-7-16(30-19)11-20-21(26)24(22(27)31-20)12-14-4-2-3-5-18(14)23/h2-11H,12H2,1H3/b20-11-. The molecule has 2 heterocycles. The molecule has 7 nitrogen and oxygen atoms in total. The largest absolute Gasteiger partial charge is 0.457 e. The van der Waals surface area contributed by atoms with E-state index < -0.39 is 21.9 Å². The number of furan rings is 1. The van der Waals surface area contributed by atoms with E-state index in [0.29, 0.717) is 22.6 Å². The van der Waals surface area contributed by atoms with Crippen molar-refractivity contribution >= 4 is 34.7 Å². The Labute approximate surface area is 180 Å². The second-order valence-corrected chi connectivity index (χ2v) is 7.81. The predicted octanol–water partition coefficient (Wildman–Crippen LogP) is 5.54. The average Bonchev–Trinajstić information content (AvgIpc) is 3.29. The van der Waals surface area contributed by atoms with Crippen LogP contribution in [0.4, 0.5) is 14.9 Å². The lowest BCUT2D eigenvalue weighted by atomic mass is 10.1. The van der Waals surface area contributed by atoms with Gasteiger partial charge in [0.05, 0.1) is 16.4 Å². The monoisotopic (exact) mass is 438 g/mol. The number of amides is 2. The van der Waals surface area contributed by atoms with Crippen molar-refractivity contribution in [3.05, 3.63) is 92.3 Å². The van der Waals surface area contributed by atoms with Gasteiger partial charge in [0.15, 0.2) is 0 Å². The summed E-state index contributed by atoms with van der Waals surface area (Å²) in [7, 11) is 0. The third-order valence-corrected chi connectivity index (χ3v) is 5.65. The smallest absolute Gasteiger partial charge is 0.293 e. The van der Waals surface area contributed by atoms with Crippen molar-refractivity contribution in [3.63, 3.8) is 0 Å². The number of imide groups is 1. The van der Waals surface area contributed by atoms with Crippen LogP contribution in [0.5, 0.6) is 0 Å². The summed E-state index contributed by atoms with van der Waals surface area (Å²) >= 11 is 0.756. The van der Waals surface area contributed by atoms with Crippen LogP contribution in [0, 0.1) is 22.9 Å². The summed E-state index contributed by atoms with van der Waals surface area (Å²) in [5.74, 6) is -0.184. The van der Waals surface area contributed by atoms with Gasteiger partial charge >= 0.3 is 0 Å². The van der Waals surface area contributed by atoms with E-state index in [4.69, 9.17) is 4.42 Å². The van der Waals surface area contributed by atoms with Gasteiger partial charge < -0.3 is 4.42 Å². The molecule has 0 spiro atoms. The number of nitrogens with zero attached hydrogens (tertiary/aromatic N) is 2. The fourth-order valence-electron chi connectivity index (χ4n) is 3.18. The Morgan fingerprint density at radius 3 is 2.65 bits per heavy atom.